The number of aliphatic imine (C=N–C) groups is 1. The highest BCUT2D eigenvalue weighted by Crippen LogP contribution is 2.29. The van der Waals surface area contributed by atoms with Crippen molar-refractivity contribution >= 4 is 17.7 Å². The van der Waals surface area contributed by atoms with Crippen LogP contribution in [-0.2, 0) is 0 Å². The summed E-state index contributed by atoms with van der Waals surface area (Å²) in [6, 6.07) is 0.347. The van der Waals surface area contributed by atoms with E-state index in [1.165, 1.54) is 19.3 Å². The molecule has 0 aromatic carbocycles. The minimum Gasteiger partial charge on any atom is -0.369 e. The molecule has 5 heteroatoms. The third-order valence-corrected chi connectivity index (χ3v) is 3.58. The van der Waals surface area contributed by atoms with Gasteiger partial charge in [-0.1, -0.05) is 12.8 Å². The summed E-state index contributed by atoms with van der Waals surface area (Å²) in [5.41, 5.74) is 7.90. The number of nitrogens with zero attached hydrogens (tertiary/aromatic N) is 1. The molecule has 1 aliphatic carbocycles. The first-order chi connectivity index (χ1) is 6.27. The Labute approximate surface area is 83.5 Å². The van der Waals surface area contributed by atoms with Crippen molar-refractivity contribution in [2.24, 2.45) is 16.6 Å². The third-order valence-electron chi connectivity index (χ3n) is 2.42. The summed E-state index contributed by atoms with van der Waals surface area (Å²) in [6.45, 7) is 0. The van der Waals surface area contributed by atoms with Crippen LogP contribution < -0.4 is 17.0 Å². The Bertz CT molecular complexity index is 183. The number of hydrazine groups is 1. The van der Waals surface area contributed by atoms with Gasteiger partial charge in [0.05, 0.1) is 6.04 Å². The van der Waals surface area contributed by atoms with E-state index in [0.717, 1.165) is 6.42 Å². The van der Waals surface area contributed by atoms with Crippen LogP contribution in [-0.4, -0.2) is 23.5 Å². The molecule has 13 heavy (non-hydrogen) atoms. The molecule has 5 N–H and O–H groups in total. The summed E-state index contributed by atoms with van der Waals surface area (Å²) < 4.78 is 0. The molecule has 2 unspecified atom stereocenters. The quantitative estimate of drug-likeness (QED) is 0.263. The summed E-state index contributed by atoms with van der Waals surface area (Å²) in [5.74, 6) is 5.52. The van der Waals surface area contributed by atoms with Crippen molar-refractivity contribution in [1.82, 2.24) is 5.43 Å². The Morgan fingerprint density at radius 2 is 2.15 bits per heavy atom. The minimum atomic E-state index is 0.347. The topological polar surface area (TPSA) is 76.4 Å². The van der Waals surface area contributed by atoms with Gasteiger partial charge in [0.2, 0.25) is 5.96 Å². The molecule has 0 saturated heterocycles. The maximum atomic E-state index is 5.53. The van der Waals surface area contributed by atoms with Crippen LogP contribution in [0.5, 0.6) is 0 Å². The fraction of sp³-hybridized carbons (Fsp3) is 0.875. The van der Waals surface area contributed by atoms with Crippen LogP contribution in [0.4, 0.5) is 0 Å². The molecule has 0 aliphatic heterocycles. The van der Waals surface area contributed by atoms with Gasteiger partial charge in [0.25, 0.3) is 0 Å². The molecule has 0 spiro atoms. The molecule has 0 amide bonds. The monoisotopic (exact) mass is 202 g/mol. The first-order valence-corrected chi connectivity index (χ1v) is 5.89. The molecule has 1 saturated carbocycles. The normalized spacial score (nSPS) is 30.2. The van der Waals surface area contributed by atoms with Gasteiger partial charge in [0.1, 0.15) is 0 Å². The molecular formula is C8H18N4S. The van der Waals surface area contributed by atoms with Gasteiger partial charge in [0, 0.05) is 5.25 Å². The summed E-state index contributed by atoms with van der Waals surface area (Å²) >= 11 is 1.88. The molecule has 0 bridgehead atoms. The van der Waals surface area contributed by atoms with Crippen LogP contribution in [0.25, 0.3) is 0 Å². The van der Waals surface area contributed by atoms with Crippen LogP contribution in [0.15, 0.2) is 4.99 Å². The van der Waals surface area contributed by atoms with Crippen LogP contribution in [0.3, 0.4) is 0 Å². The fourth-order valence-corrected chi connectivity index (χ4v) is 2.63. The summed E-state index contributed by atoms with van der Waals surface area (Å²) in [6.07, 6.45) is 7.07. The second kappa shape index (κ2) is 5.34. The smallest absolute Gasteiger partial charge is 0.203 e. The lowest BCUT2D eigenvalue weighted by molar-refractivity contribution is 0.454. The lowest BCUT2D eigenvalue weighted by Gasteiger charge is -2.27. The van der Waals surface area contributed by atoms with Crippen LogP contribution in [0, 0.1) is 0 Å². The molecule has 76 valence electrons. The Morgan fingerprint density at radius 1 is 1.46 bits per heavy atom. The van der Waals surface area contributed by atoms with Crippen LogP contribution >= 0.6 is 11.8 Å². The Morgan fingerprint density at radius 3 is 2.77 bits per heavy atom. The van der Waals surface area contributed by atoms with E-state index < -0.39 is 0 Å². The van der Waals surface area contributed by atoms with E-state index in [1.807, 2.05) is 11.8 Å². The van der Waals surface area contributed by atoms with E-state index in [-0.39, 0.29) is 0 Å². The van der Waals surface area contributed by atoms with E-state index >= 15 is 0 Å². The summed E-state index contributed by atoms with van der Waals surface area (Å²) in [5, 5.41) is 0.612. The lowest BCUT2D eigenvalue weighted by atomic mass is 9.95. The lowest BCUT2D eigenvalue weighted by Crippen LogP contribution is -2.39. The maximum Gasteiger partial charge on any atom is 0.203 e. The SMILES string of the molecule is CSC1CCCCC1N=C(N)NN. The van der Waals surface area contributed by atoms with Crippen molar-refractivity contribution in [3.8, 4) is 0 Å². The van der Waals surface area contributed by atoms with Gasteiger partial charge in [-0.3, -0.25) is 5.43 Å². The predicted octanol–water partition coefficient (Wildman–Crippen LogP) is 0.439. The van der Waals surface area contributed by atoms with Crippen molar-refractivity contribution in [1.29, 1.82) is 0 Å². The molecule has 0 radical (unpaired) electrons. The highest BCUT2D eigenvalue weighted by atomic mass is 32.2. The zero-order valence-electron chi connectivity index (χ0n) is 7.99. The molecular weight excluding hydrogens is 184 g/mol. The highest BCUT2D eigenvalue weighted by molar-refractivity contribution is 7.99. The van der Waals surface area contributed by atoms with E-state index in [1.54, 1.807) is 0 Å². The van der Waals surface area contributed by atoms with E-state index in [4.69, 9.17) is 11.6 Å². The number of hydrogen-bond donors (Lipinski definition) is 3. The molecule has 4 nitrogen and oxygen atoms in total. The van der Waals surface area contributed by atoms with Crippen molar-refractivity contribution in [2.75, 3.05) is 6.26 Å². The Kier molecular flexibility index (Phi) is 4.38. The van der Waals surface area contributed by atoms with Gasteiger partial charge in [-0.25, -0.2) is 10.8 Å². The number of rotatable bonds is 2. The molecule has 2 atom stereocenters. The van der Waals surface area contributed by atoms with Gasteiger partial charge < -0.3 is 5.73 Å². The highest BCUT2D eigenvalue weighted by Gasteiger charge is 2.23. The zero-order valence-corrected chi connectivity index (χ0v) is 8.81. The standard InChI is InChI=1S/C8H18N4S/c1-13-7-5-3-2-4-6(7)11-8(9)12-10/h6-7H,2-5,10H2,1H3,(H3,9,11,12). The zero-order chi connectivity index (χ0) is 9.68. The van der Waals surface area contributed by atoms with Crippen molar-refractivity contribution < 1.29 is 0 Å². The van der Waals surface area contributed by atoms with E-state index in [2.05, 4.69) is 16.7 Å². The number of nitrogens with one attached hydrogen (secondary N) is 1. The third kappa shape index (κ3) is 3.08. The number of guanidine groups is 1. The molecule has 0 heterocycles. The number of nitrogens with two attached hydrogens (primary N) is 2. The van der Waals surface area contributed by atoms with Crippen molar-refractivity contribution in [3.63, 3.8) is 0 Å². The minimum absolute atomic E-state index is 0.347. The average molecular weight is 202 g/mol. The number of thioether (sulfide) groups is 1. The van der Waals surface area contributed by atoms with Gasteiger partial charge in [-0.15, -0.1) is 0 Å². The van der Waals surface area contributed by atoms with Gasteiger partial charge in [-0.05, 0) is 19.1 Å². The Balaban J connectivity index is 2.54. The molecule has 0 aromatic rings. The van der Waals surface area contributed by atoms with Crippen molar-refractivity contribution in [2.45, 2.75) is 37.0 Å². The molecule has 1 aliphatic rings. The fourth-order valence-electron chi connectivity index (χ4n) is 1.72. The maximum absolute atomic E-state index is 5.53. The first-order valence-electron chi connectivity index (χ1n) is 4.60. The Hall–Kier alpha value is -0.420. The second-order valence-corrected chi connectivity index (χ2v) is 4.36. The van der Waals surface area contributed by atoms with Crippen LogP contribution in [0.2, 0.25) is 0 Å². The average Bonchev–Trinajstić information content (AvgIpc) is 2.18. The molecule has 0 aromatic heterocycles. The summed E-state index contributed by atoms with van der Waals surface area (Å²) in [4.78, 5) is 4.34. The molecule has 1 rings (SSSR count). The second-order valence-electron chi connectivity index (χ2n) is 3.28. The summed E-state index contributed by atoms with van der Waals surface area (Å²) in [7, 11) is 0. The van der Waals surface area contributed by atoms with E-state index in [9.17, 15) is 0 Å². The van der Waals surface area contributed by atoms with Gasteiger partial charge >= 0.3 is 0 Å². The largest absolute Gasteiger partial charge is 0.369 e. The van der Waals surface area contributed by atoms with E-state index in [0.29, 0.717) is 17.3 Å². The van der Waals surface area contributed by atoms with Crippen LogP contribution in [0.1, 0.15) is 25.7 Å². The van der Waals surface area contributed by atoms with Gasteiger partial charge in [0.15, 0.2) is 0 Å². The predicted molar refractivity (Wildman–Crippen MR) is 58.5 cm³/mol. The first kappa shape index (κ1) is 10.7. The molecule has 1 fully saturated rings. The number of hydrogen-bond acceptors (Lipinski definition) is 3. The van der Waals surface area contributed by atoms with Crippen molar-refractivity contribution in [3.05, 3.63) is 0 Å². The van der Waals surface area contributed by atoms with Gasteiger partial charge in [-0.2, -0.15) is 11.8 Å².